The number of nitrogens with zero attached hydrogens (tertiary/aromatic N) is 1. The van der Waals surface area contributed by atoms with Crippen LogP contribution in [0.4, 0.5) is 5.69 Å². The number of aliphatic hydroxyl groups excluding tert-OH is 1. The number of anilines is 1. The van der Waals surface area contributed by atoms with E-state index in [0.717, 1.165) is 42.5 Å². The summed E-state index contributed by atoms with van der Waals surface area (Å²) >= 11 is 0. The van der Waals surface area contributed by atoms with Crippen LogP contribution in [-0.4, -0.2) is 41.1 Å². The number of benzene rings is 1. The highest BCUT2D eigenvalue weighted by Crippen LogP contribution is 2.37. The van der Waals surface area contributed by atoms with Gasteiger partial charge in [0.15, 0.2) is 0 Å². The van der Waals surface area contributed by atoms with Crippen LogP contribution in [0.1, 0.15) is 41.6 Å². The highest BCUT2D eigenvalue weighted by Gasteiger charge is 2.43. The molecule has 2 saturated heterocycles. The van der Waals surface area contributed by atoms with Crippen molar-refractivity contribution in [3.8, 4) is 0 Å². The van der Waals surface area contributed by atoms with Crippen molar-refractivity contribution in [3.05, 3.63) is 29.3 Å². The summed E-state index contributed by atoms with van der Waals surface area (Å²) < 4.78 is 0. The fourth-order valence-electron chi connectivity index (χ4n) is 3.68. The first-order valence-corrected chi connectivity index (χ1v) is 7.39. The zero-order chi connectivity index (χ0) is 14.3. The molecule has 2 unspecified atom stereocenters. The van der Waals surface area contributed by atoms with E-state index in [-0.39, 0.29) is 24.1 Å². The third kappa shape index (κ3) is 2.18. The minimum absolute atomic E-state index is 0.129. The van der Waals surface area contributed by atoms with E-state index in [1.165, 1.54) is 0 Å². The van der Waals surface area contributed by atoms with E-state index in [1.807, 2.05) is 37.1 Å². The molecule has 2 aliphatic heterocycles. The number of rotatable bonds is 2. The molecule has 2 bridgehead atoms. The molecule has 0 saturated carbocycles. The van der Waals surface area contributed by atoms with E-state index in [0.29, 0.717) is 0 Å². The number of aliphatic hydroxyl groups is 1. The predicted octanol–water partition coefficient (Wildman–Crippen LogP) is 2.16. The number of fused-ring (bicyclic) bond motifs is 2. The second-order valence-corrected chi connectivity index (χ2v) is 6.00. The molecular weight excluding hydrogens is 252 g/mol. The average Bonchev–Trinajstić information content (AvgIpc) is 2.70. The number of carbonyl (C=O) groups excluding carboxylic acids is 1. The predicted molar refractivity (Wildman–Crippen MR) is 78.9 cm³/mol. The molecule has 0 aliphatic carbocycles. The molecule has 2 aliphatic rings. The standard InChI is InChI=1S/C16H22N2O2/c1-10-7-11(17-2)3-6-15(10)16(20)18-12-4-5-13(18)9-14(19)8-12/h3,6-7,12-14,17,19H,4-5,8-9H2,1-2H3. The van der Waals surface area contributed by atoms with Gasteiger partial charge in [-0.3, -0.25) is 4.79 Å². The van der Waals surface area contributed by atoms with Crippen molar-refractivity contribution in [1.29, 1.82) is 0 Å². The molecule has 4 nitrogen and oxygen atoms in total. The maximum atomic E-state index is 12.8. The van der Waals surface area contributed by atoms with Gasteiger partial charge in [0.05, 0.1) is 6.10 Å². The van der Waals surface area contributed by atoms with Gasteiger partial charge in [0.25, 0.3) is 5.91 Å². The van der Waals surface area contributed by atoms with E-state index >= 15 is 0 Å². The lowest BCUT2D eigenvalue weighted by Crippen LogP contribution is -2.48. The van der Waals surface area contributed by atoms with Crippen LogP contribution in [0.2, 0.25) is 0 Å². The zero-order valence-corrected chi connectivity index (χ0v) is 12.1. The van der Waals surface area contributed by atoms with Crippen molar-refractivity contribution < 1.29 is 9.90 Å². The van der Waals surface area contributed by atoms with Gasteiger partial charge in [-0.15, -0.1) is 0 Å². The van der Waals surface area contributed by atoms with Crippen LogP contribution in [0.5, 0.6) is 0 Å². The summed E-state index contributed by atoms with van der Waals surface area (Å²) in [5.41, 5.74) is 2.82. The molecule has 108 valence electrons. The highest BCUT2D eigenvalue weighted by molar-refractivity contribution is 5.96. The summed E-state index contributed by atoms with van der Waals surface area (Å²) in [6.07, 6.45) is 3.29. The monoisotopic (exact) mass is 274 g/mol. The van der Waals surface area contributed by atoms with Crippen LogP contribution >= 0.6 is 0 Å². The molecular formula is C16H22N2O2. The first-order chi connectivity index (χ1) is 9.60. The van der Waals surface area contributed by atoms with Crippen molar-refractivity contribution in [1.82, 2.24) is 4.90 Å². The van der Waals surface area contributed by atoms with Crippen LogP contribution in [0.25, 0.3) is 0 Å². The molecule has 1 amide bonds. The number of aryl methyl sites for hydroxylation is 1. The van der Waals surface area contributed by atoms with Gasteiger partial charge in [0.1, 0.15) is 0 Å². The van der Waals surface area contributed by atoms with E-state index in [4.69, 9.17) is 0 Å². The average molecular weight is 274 g/mol. The van der Waals surface area contributed by atoms with Gasteiger partial charge in [-0.25, -0.2) is 0 Å². The quantitative estimate of drug-likeness (QED) is 0.869. The molecule has 0 radical (unpaired) electrons. The maximum Gasteiger partial charge on any atom is 0.254 e. The number of piperidine rings is 1. The molecule has 2 heterocycles. The fraction of sp³-hybridized carbons (Fsp3) is 0.562. The van der Waals surface area contributed by atoms with Crippen molar-refractivity contribution in [3.63, 3.8) is 0 Å². The number of amides is 1. The Morgan fingerprint density at radius 3 is 2.50 bits per heavy atom. The summed E-state index contributed by atoms with van der Waals surface area (Å²) in [5, 5.41) is 12.9. The Hall–Kier alpha value is -1.55. The fourth-order valence-corrected chi connectivity index (χ4v) is 3.68. The number of nitrogens with one attached hydrogen (secondary N) is 1. The Labute approximate surface area is 119 Å². The first kappa shape index (κ1) is 13.4. The highest BCUT2D eigenvalue weighted by atomic mass is 16.3. The van der Waals surface area contributed by atoms with Gasteiger partial charge >= 0.3 is 0 Å². The molecule has 0 spiro atoms. The third-order valence-corrected chi connectivity index (χ3v) is 4.69. The minimum atomic E-state index is -0.232. The smallest absolute Gasteiger partial charge is 0.254 e. The van der Waals surface area contributed by atoms with E-state index in [9.17, 15) is 9.90 Å². The van der Waals surface area contributed by atoms with Gasteiger partial charge in [0, 0.05) is 30.4 Å². The Morgan fingerprint density at radius 1 is 1.30 bits per heavy atom. The molecule has 0 aromatic heterocycles. The van der Waals surface area contributed by atoms with Crippen molar-refractivity contribution in [2.45, 2.75) is 50.8 Å². The van der Waals surface area contributed by atoms with Gasteiger partial charge < -0.3 is 15.3 Å². The SMILES string of the molecule is CNc1ccc(C(=O)N2C3CCC2CC(O)C3)c(C)c1. The Morgan fingerprint density at radius 2 is 1.95 bits per heavy atom. The molecule has 1 aromatic rings. The topological polar surface area (TPSA) is 52.6 Å². The van der Waals surface area contributed by atoms with Crippen LogP contribution in [0, 0.1) is 6.92 Å². The largest absolute Gasteiger partial charge is 0.393 e. The first-order valence-electron chi connectivity index (χ1n) is 7.39. The van der Waals surface area contributed by atoms with Gasteiger partial charge in [-0.2, -0.15) is 0 Å². The van der Waals surface area contributed by atoms with E-state index in [2.05, 4.69) is 5.32 Å². The molecule has 20 heavy (non-hydrogen) atoms. The van der Waals surface area contributed by atoms with E-state index < -0.39 is 0 Å². The molecule has 2 N–H and O–H groups in total. The summed E-state index contributed by atoms with van der Waals surface area (Å²) in [6, 6.07) is 6.31. The van der Waals surface area contributed by atoms with Gasteiger partial charge in [0.2, 0.25) is 0 Å². The lowest BCUT2D eigenvalue weighted by Gasteiger charge is -2.37. The molecule has 4 heteroatoms. The minimum Gasteiger partial charge on any atom is -0.393 e. The summed E-state index contributed by atoms with van der Waals surface area (Å²) in [7, 11) is 1.88. The summed E-state index contributed by atoms with van der Waals surface area (Å²) in [4.78, 5) is 14.8. The molecule has 2 fully saturated rings. The zero-order valence-electron chi connectivity index (χ0n) is 12.1. The van der Waals surface area contributed by atoms with Gasteiger partial charge in [-0.05, 0) is 56.4 Å². The lowest BCUT2D eigenvalue weighted by atomic mass is 9.97. The van der Waals surface area contributed by atoms with Crippen molar-refractivity contribution >= 4 is 11.6 Å². The summed E-state index contributed by atoms with van der Waals surface area (Å²) in [5.74, 6) is 0.129. The normalized spacial score (nSPS) is 28.6. The van der Waals surface area contributed by atoms with Crippen LogP contribution in [0.15, 0.2) is 18.2 Å². The van der Waals surface area contributed by atoms with Crippen LogP contribution in [0.3, 0.4) is 0 Å². The lowest BCUT2D eigenvalue weighted by molar-refractivity contribution is 0.0286. The van der Waals surface area contributed by atoms with E-state index in [1.54, 1.807) is 0 Å². The Balaban J connectivity index is 1.86. The van der Waals surface area contributed by atoms with Crippen molar-refractivity contribution in [2.75, 3.05) is 12.4 Å². The van der Waals surface area contributed by atoms with Crippen LogP contribution < -0.4 is 5.32 Å². The summed E-state index contributed by atoms with van der Waals surface area (Å²) in [6.45, 7) is 1.98. The Kier molecular flexibility index (Phi) is 3.42. The second kappa shape index (κ2) is 5.09. The third-order valence-electron chi connectivity index (χ3n) is 4.69. The molecule has 3 rings (SSSR count). The molecule has 1 aromatic carbocycles. The number of hydrogen-bond donors (Lipinski definition) is 2. The number of carbonyl (C=O) groups is 1. The van der Waals surface area contributed by atoms with Gasteiger partial charge in [-0.1, -0.05) is 0 Å². The van der Waals surface area contributed by atoms with Crippen LogP contribution in [-0.2, 0) is 0 Å². The number of hydrogen-bond acceptors (Lipinski definition) is 3. The Bertz CT molecular complexity index is 515. The second-order valence-electron chi connectivity index (χ2n) is 6.00. The maximum absolute atomic E-state index is 12.8. The van der Waals surface area contributed by atoms with Crippen molar-refractivity contribution in [2.24, 2.45) is 0 Å². The molecule has 2 atom stereocenters.